The molecule has 18 heavy (non-hydrogen) atoms. The molecular weight excluding hydrogens is 228 g/mol. The van der Waals surface area contributed by atoms with E-state index in [1.54, 1.807) is 0 Å². The molecule has 2 heterocycles. The Hall–Kier alpha value is -0.380. The van der Waals surface area contributed by atoms with E-state index in [0.29, 0.717) is 12.2 Å². The molecule has 0 radical (unpaired) electrons. The van der Waals surface area contributed by atoms with Gasteiger partial charge in [-0.2, -0.15) is 0 Å². The third-order valence-electron chi connectivity index (χ3n) is 4.34. The molecule has 0 aliphatic carbocycles. The summed E-state index contributed by atoms with van der Waals surface area (Å²) in [4.78, 5) is 0. The molecule has 0 aromatic heterocycles. The molecular formula is C15H26O3. The number of allylic oxidation sites excluding steroid dienone is 1. The largest absolute Gasteiger partial charge is 0.392 e. The van der Waals surface area contributed by atoms with Crippen molar-refractivity contribution in [3.05, 3.63) is 11.6 Å². The van der Waals surface area contributed by atoms with E-state index in [1.165, 1.54) is 5.57 Å². The summed E-state index contributed by atoms with van der Waals surface area (Å²) in [5.41, 5.74) is 1.42. The maximum Gasteiger partial charge on any atom is 0.0921 e. The SMILES string of the molecule is C/C(=C\CO)CCC1O[C@@]1(C)CC[C@@H]1OC1(C)C. The first-order valence-electron chi connectivity index (χ1n) is 6.99. The predicted molar refractivity (Wildman–Crippen MR) is 71.5 cm³/mol. The zero-order valence-electron chi connectivity index (χ0n) is 12.0. The van der Waals surface area contributed by atoms with Gasteiger partial charge >= 0.3 is 0 Å². The van der Waals surface area contributed by atoms with E-state index < -0.39 is 0 Å². The van der Waals surface area contributed by atoms with Crippen LogP contribution in [0, 0.1) is 0 Å². The highest BCUT2D eigenvalue weighted by atomic mass is 16.6. The molecule has 2 aliphatic rings. The minimum absolute atomic E-state index is 0.0710. The Labute approximate surface area is 110 Å². The molecule has 104 valence electrons. The second-order valence-corrected chi connectivity index (χ2v) is 6.44. The molecule has 0 spiro atoms. The second-order valence-electron chi connectivity index (χ2n) is 6.44. The van der Waals surface area contributed by atoms with Gasteiger partial charge in [0.15, 0.2) is 0 Å². The number of hydrogen-bond acceptors (Lipinski definition) is 3. The molecule has 1 unspecified atom stereocenters. The van der Waals surface area contributed by atoms with Crippen molar-refractivity contribution in [3.63, 3.8) is 0 Å². The molecule has 2 rings (SSSR count). The summed E-state index contributed by atoms with van der Waals surface area (Å²) in [6.45, 7) is 8.71. The quantitative estimate of drug-likeness (QED) is 0.561. The van der Waals surface area contributed by atoms with Gasteiger partial charge in [0, 0.05) is 0 Å². The van der Waals surface area contributed by atoms with Crippen molar-refractivity contribution >= 4 is 0 Å². The van der Waals surface area contributed by atoms with Gasteiger partial charge in [-0.1, -0.05) is 11.6 Å². The van der Waals surface area contributed by atoms with Crippen LogP contribution in [0.1, 0.15) is 53.4 Å². The monoisotopic (exact) mass is 254 g/mol. The van der Waals surface area contributed by atoms with Crippen LogP contribution in [0.4, 0.5) is 0 Å². The number of aliphatic hydroxyl groups excluding tert-OH is 1. The zero-order valence-corrected chi connectivity index (χ0v) is 12.0. The first-order chi connectivity index (χ1) is 8.37. The van der Waals surface area contributed by atoms with Crippen LogP contribution >= 0.6 is 0 Å². The molecule has 0 amide bonds. The number of ether oxygens (including phenoxy) is 2. The lowest BCUT2D eigenvalue weighted by Crippen LogP contribution is -2.13. The maximum atomic E-state index is 8.80. The van der Waals surface area contributed by atoms with Gasteiger partial charge < -0.3 is 14.6 Å². The fourth-order valence-electron chi connectivity index (χ4n) is 2.65. The summed E-state index contributed by atoms with van der Waals surface area (Å²) in [5.74, 6) is 0. The standard InChI is InChI=1S/C15H26O3/c1-11(8-10-16)5-6-13-15(4,18-13)9-7-12-14(2,3)17-12/h8,12-13,16H,5-7,9-10H2,1-4H3/b11-8+/t12-,13?,15-/m0/s1. The van der Waals surface area contributed by atoms with Crippen molar-refractivity contribution in [3.8, 4) is 0 Å². The fourth-order valence-corrected chi connectivity index (χ4v) is 2.65. The van der Waals surface area contributed by atoms with Crippen molar-refractivity contribution in [1.29, 1.82) is 0 Å². The highest BCUT2D eigenvalue weighted by molar-refractivity contribution is 5.05. The van der Waals surface area contributed by atoms with Crippen LogP contribution in [0.3, 0.4) is 0 Å². The van der Waals surface area contributed by atoms with E-state index in [4.69, 9.17) is 14.6 Å². The van der Waals surface area contributed by atoms with E-state index in [-0.39, 0.29) is 17.8 Å². The number of aliphatic hydroxyl groups is 1. The van der Waals surface area contributed by atoms with Gasteiger partial charge in [0.1, 0.15) is 0 Å². The zero-order chi connectivity index (χ0) is 13.4. The van der Waals surface area contributed by atoms with Gasteiger partial charge in [0.2, 0.25) is 0 Å². The maximum absolute atomic E-state index is 8.80. The third kappa shape index (κ3) is 3.34. The second kappa shape index (κ2) is 4.95. The Morgan fingerprint density at radius 1 is 1.17 bits per heavy atom. The van der Waals surface area contributed by atoms with Crippen molar-refractivity contribution in [2.45, 2.75) is 76.8 Å². The van der Waals surface area contributed by atoms with Crippen LogP contribution < -0.4 is 0 Å². The van der Waals surface area contributed by atoms with Crippen molar-refractivity contribution < 1.29 is 14.6 Å². The Morgan fingerprint density at radius 2 is 1.83 bits per heavy atom. The molecule has 2 saturated heterocycles. The number of rotatable bonds is 7. The average molecular weight is 254 g/mol. The van der Waals surface area contributed by atoms with Gasteiger partial charge in [-0.05, 0) is 53.4 Å². The summed E-state index contributed by atoms with van der Waals surface area (Å²) < 4.78 is 11.4. The number of epoxide rings is 2. The smallest absolute Gasteiger partial charge is 0.0921 e. The number of hydrogen-bond donors (Lipinski definition) is 1. The van der Waals surface area contributed by atoms with Gasteiger partial charge in [-0.15, -0.1) is 0 Å². The van der Waals surface area contributed by atoms with E-state index in [0.717, 1.165) is 25.7 Å². The van der Waals surface area contributed by atoms with E-state index in [9.17, 15) is 0 Å². The first-order valence-corrected chi connectivity index (χ1v) is 6.99. The Bertz CT molecular complexity index is 335. The minimum Gasteiger partial charge on any atom is -0.392 e. The molecule has 3 nitrogen and oxygen atoms in total. The van der Waals surface area contributed by atoms with Gasteiger partial charge in [-0.25, -0.2) is 0 Å². The summed E-state index contributed by atoms with van der Waals surface area (Å²) in [6.07, 6.45) is 6.97. The highest BCUT2D eigenvalue weighted by Gasteiger charge is 2.54. The highest BCUT2D eigenvalue weighted by Crippen LogP contribution is 2.47. The Balaban J connectivity index is 1.64. The Kier molecular flexibility index (Phi) is 3.86. The lowest BCUT2D eigenvalue weighted by Gasteiger charge is -2.05. The van der Waals surface area contributed by atoms with Crippen LogP contribution in [-0.4, -0.2) is 35.1 Å². The minimum atomic E-state index is 0.0710. The first kappa shape index (κ1) is 14.0. The lowest BCUT2D eigenvalue weighted by molar-refractivity contribution is 0.274. The predicted octanol–water partition coefficient (Wildman–Crippen LogP) is 2.82. The molecule has 0 aromatic carbocycles. The Morgan fingerprint density at radius 3 is 2.39 bits per heavy atom. The van der Waals surface area contributed by atoms with Crippen LogP contribution in [0.25, 0.3) is 0 Å². The van der Waals surface area contributed by atoms with E-state index in [2.05, 4.69) is 27.7 Å². The lowest BCUT2D eigenvalue weighted by atomic mass is 9.94. The van der Waals surface area contributed by atoms with Crippen molar-refractivity contribution in [1.82, 2.24) is 0 Å². The molecule has 0 saturated carbocycles. The summed E-state index contributed by atoms with van der Waals surface area (Å²) in [7, 11) is 0. The molecule has 3 heteroatoms. The summed E-state index contributed by atoms with van der Waals surface area (Å²) >= 11 is 0. The molecule has 3 atom stereocenters. The van der Waals surface area contributed by atoms with Gasteiger partial charge in [0.05, 0.1) is 30.0 Å². The fraction of sp³-hybridized carbons (Fsp3) is 0.867. The van der Waals surface area contributed by atoms with E-state index in [1.807, 2.05) is 6.08 Å². The average Bonchev–Trinajstić information content (AvgIpc) is 3.11. The normalized spacial score (nSPS) is 37.7. The molecule has 2 fully saturated rings. The molecule has 2 aliphatic heterocycles. The van der Waals surface area contributed by atoms with Crippen LogP contribution in [0.15, 0.2) is 11.6 Å². The van der Waals surface area contributed by atoms with Crippen LogP contribution in [0.5, 0.6) is 0 Å². The molecule has 0 bridgehead atoms. The van der Waals surface area contributed by atoms with Crippen molar-refractivity contribution in [2.24, 2.45) is 0 Å². The third-order valence-corrected chi connectivity index (χ3v) is 4.34. The van der Waals surface area contributed by atoms with Crippen LogP contribution in [0.2, 0.25) is 0 Å². The summed E-state index contributed by atoms with van der Waals surface area (Å²) in [6, 6.07) is 0. The van der Waals surface area contributed by atoms with Gasteiger partial charge in [0.25, 0.3) is 0 Å². The van der Waals surface area contributed by atoms with E-state index >= 15 is 0 Å². The van der Waals surface area contributed by atoms with Gasteiger partial charge in [-0.3, -0.25) is 0 Å². The van der Waals surface area contributed by atoms with Crippen LogP contribution in [-0.2, 0) is 9.47 Å². The topological polar surface area (TPSA) is 45.3 Å². The summed E-state index contributed by atoms with van der Waals surface area (Å²) in [5, 5.41) is 8.80. The van der Waals surface area contributed by atoms with Crippen molar-refractivity contribution in [2.75, 3.05) is 6.61 Å². The molecule has 1 N–H and O–H groups in total. The molecule has 0 aromatic rings.